The first-order valence-corrected chi connectivity index (χ1v) is 46.5. The summed E-state index contributed by atoms with van der Waals surface area (Å²) in [4.78, 5) is 73.1. The minimum Gasteiger partial charge on any atom is -0.462 e. The average Bonchev–Trinajstić information content (AvgIpc) is 0.915. The number of esters is 4. The first-order valence-electron chi connectivity index (χ1n) is 43.5. The lowest BCUT2D eigenvalue weighted by Gasteiger charge is -2.21. The average molecular weight is 1510 g/mol. The molecule has 0 fully saturated rings. The van der Waals surface area contributed by atoms with Crippen LogP contribution < -0.4 is 0 Å². The van der Waals surface area contributed by atoms with E-state index in [-0.39, 0.29) is 25.7 Å². The molecule has 612 valence electrons. The predicted octanol–water partition coefficient (Wildman–Crippen LogP) is 25.5. The molecule has 17 nitrogen and oxygen atoms in total. The molecule has 0 radical (unpaired) electrons. The maximum absolute atomic E-state index is 13.1. The number of phosphoric acid groups is 2. The normalized spacial score (nSPS) is 13.9. The van der Waals surface area contributed by atoms with Gasteiger partial charge in [-0.2, -0.15) is 0 Å². The van der Waals surface area contributed by atoms with E-state index in [9.17, 15) is 43.2 Å². The van der Waals surface area contributed by atoms with Crippen LogP contribution in [-0.4, -0.2) is 96.7 Å². The minimum atomic E-state index is -4.96. The van der Waals surface area contributed by atoms with Crippen molar-refractivity contribution in [3.63, 3.8) is 0 Å². The number of phosphoric ester groups is 2. The van der Waals surface area contributed by atoms with Crippen LogP contribution in [0.1, 0.15) is 446 Å². The van der Waals surface area contributed by atoms with Crippen LogP contribution in [0.2, 0.25) is 0 Å². The summed E-state index contributed by atoms with van der Waals surface area (Å²) in [5.41, 5.74) is 0. The van der Waals surface area contributed by atoms with Gasteiger partial charge in [-0.1, -0.05) is 395 Å². The molecule has 0 amide bonds. The van der Waals surface area contributed by atoms with Gasteiger partial charge in [0.05, 0.1) is 26.4 Å². The van der Waals surface area contributed by atoms with Gasteiger partial charge in [0, 0.05) is 25.7 Å². The van der Waals surface area contributed by atoms with Crippen molar-refractivity contribution in [1.82, 2.24) is 0 Å². The van der Waals surface area contributed by atoms with Crippen molar-refractivity contribution in [3.8, 4) is 0 Å². The molecule has 0 aromatic carbocycles. The summed E-state index contributed by atoms with van der Waals surface area (Å²) in [6.07, 6.45) is 66.5. The Bertz CT molecular complexity index is 1980. The number of ether oxygens (including phenoxy) is 4. The molecule has 103 heavy (non-hydrogen) atoms. The first-order chi connectivity index (χ1) is 49.9. The van der Waals surface area contributed by atoms with Gasteiger partial charge in [-0.3, -0.25) is 37.3 Å². The maximum atomic E-state index is 13.1. The lowest BCUT2D eigenvalue weighted by atomic mass is 10.0. The van der Waals surface area contributed by atoms with Gasteiger partial charge in [0.15, 0.2) is 12.2 Å². The van der Waals surface area contributed by atoms with Crippen LogP contribution in [0.4, 0.5) is 0 Å². The van der Waals surface area contributed by atoms with Crippen molar-refractivity contribution in [2.24, 2.45) is 11.8 Å². The van der Waals surface area contributed by atoms with Gasteiger partial charge in [-0.05, 0) is 37.5 Å². The Morgan fingerprint density at radius 2 is 0.447 bits per heavy atom. The summed E-state index contributed by atoms with van der Waals surface area (Å²) < 4.78 is 68.8. The summed E-state index contributed by atoms with van der Waals surface area (Å²) in [5.74, 6) is -0.480. The lowest BCUT2D eigenvalue weighted by Crippen LogP contribution is -2.30. The Labute approximate surface area is 632 Å². The molecule has 2 unspecified atom stereocenters. The van der Waals surface area contributed by atoms with Gasteiger partial charge >= 0.3 is 39.5 Å². The molecule has 0 saturated carbocycles. The van der Waals surface area contributed by atoms with Gasteiger partial charge in [0.25, 0.3) is 0 Å². The van der Waals surface area contributed by atoms with E-state index in [1.807, 2.05) is 0 Å². The number of carbonyl (C=O) groups is 4. The number of aliphatic hydroxyl groups excluding tert-OH is 1. The van der Waals surface area contributed by atoms with Gasteiger partial charge < -0.3 is 33.8 Å². The third kappa shape index (κ3) is 78.0. The van der Waals surface area contributed by atoms with E-state index >= 15 is 0 Å². The van der Waals surface area contributed by atoms with Crippen molar-refractivity contribution in [2.45, 2.75) is 464 Å². The van der Waals surface area contributed by atoms with Gasteiger partial charge in [-0.15, -0.1) is 0 Å². The van der Waals surface area contributed by atoms with E-state index in [0.717, 1.165) is 102 Å². The minimum absolute atomic E-state index is 0.108. The topological polar surface area (TPSA) is 237 Å². The van der Waals surface area contributed by atoms with Crippen LogP contribution in [-0.2, 0) is 65.4 Å². The zero-order valence-electron chi connectivity index (χ0n) is 67.6. The predicted molar refractivity (Wildman–Crippen MR) is 423 cm³/mol. The molecule has 19 heteroatoms. The van der Waals surface area contributed by atoms with Crippen molar-refractivity contribution in [2.75, 3.05) is 39.6 Å². The second-order valence-corrected chi connectivity index (χ2v) is 34.1. The monoisotopic (exact) mass is 1510 g/mol. The first kappa shape index (κ1) is 101. The molecule has 0 saturated heterocycles. The van der Waals surface area contributed by atoms with E-state index in [1.165, 1.54) is 263 Å². The molecule has 0 aliphatic carbocycles. The number of aliphatic hydroxyl groups is 1. The Balaban J connectivity index is 5.24. The van der Waals surface area contributed by atoms with Crippen LogP contribution in [0, 0.1) is 11.8 Å². The fourth-order valence-electron chi connectivity index (χ4n) is 13.1. The molecule has 0 aliphatic heterocycles. The second kappa shape index (κ2) is 75.5. The highest BCUT2D eigenvalue weighted by molar-refractivity contribution is 7.47. The second-order valence-electron chi connectivity index (χ2n) is 31.2. The Hall–Kier alpha value is -1.94. The zero-order valence-corrected chi connectivity index (χ0v) is 69.4. The number of carbonyl (C=O) groups excluding carboxylic acids is 4. The Morgan fingerprint density at radius 3 is 0.660 bits per heavy atom. The van der Waals surface area contributed by atoms with Gasteiger partial charge in [0.2, 0.25) is 0 Å². The molecular formula is C84H164O17P2. The highest BCUT2D eigenvalue weighted by Crippen LogP contribution is 2.45. The van der Waals surface area contributed by atoms with Crippen LogP contribution >= 0.6 is 15.6 Å². The van der Waals surface area contributed by atoms with E-state index in [1.54, 1.807) is 0 Å². The molecule has 0 aliphatic rings. The molecule has 0 aromatic heterocycles. The fraction of sp³-hybridized carbons (Fsp3) is 0.952. The van der Waals surface area contributed by atoms with Crippen molar-refractivity contribution >= 4 is 39.5 Å². The number of unbranched alkanes of at least 4 members (excludes halogenated alkanes) is 53. The quantitative estimate of drug-likeness (QED) is 0.0222. The third-order valence-corrected chi connectivity index (χ3v) is 21.6. The van der Waals surface area contributed by atoms with Crippen molar-refractivity contribution in [1.29, 1.82) is 0 Å². The molecule has 0 aromatic rings. The molecule has 0 spiro atoms. The summed E-state index contributed by atoms with van der Waals surface area (Å²) in [6.45, 7) is 9.72. The van der Waals surface area contributed by atoms with E-state index in [2.05, 4.69) is 41.5 Å². The van der Waals surface area contributed by atoms with Crippen molar-refractivity contribution < 1.29 is 80.2 Å². The summed E-state index contributed by atoms with van der Waals surface area (Å²) >= 11 is 0. The van der Waals surface area contributed by atoms with E-state index in [0.29, 0.717) is 25.7 Å². The molecule has 3 N–H and O–H groups in total. The highest BCUT2D eigenvalue weighted by atomic mass is 31.2. The molecule has 0 rings (SSSR count). The summed E-state index contributed by atoms with van der Waals surface area (Å²) in [6, 6.07) is 0. The molecule has 0 heterocycles. The number of hydrogen-bond acceptors (Lipinski definition) is 15. The molecular weight excluding hydrogens is 1340 g/mol. The standard InChI is InChI=1S/C84H164O17P2/c1-7-9-11-13-15-17-19-20-31-38-44-50-56-62-68-83(88)100-79(72-94-81(86)66-60-54-48-42-34-18-16-14-12-10-8-2)74-98-102(90,91)96-70-78(85)71-97-103(92,93)99-75-80(101-84(89)69-63-57-51-45-39-33-28-24-22-26-30-36-41-47-53-59-65-77(5)6)73-95-82(87)67-61-55-49-43-37-32-27-23-21-25-29-35-40-46-52-58-64-76(3)4/h76-80,85H,7-75H2,1-6H3,(H,90,91)(H,92,93)/t78-,79+,80+/m0/s1. The summed E-state index contributed by atoms with van der Waals surface area (Å²) in [7, 11) is -9.92. The van der Waals surface area contributed by atoms with Gasteiger partial charge in [-0.25, -0.2) is 9.13 Å². The van der Waals surface area contributed by atoms with Crippen LogP contribution in [0.5, 0.6) is 0 Å². The SMILES string of the molecule is CCCCCCCCCCCCCCCCC(=O)O[C@H](COC(=O)CCCCCCCCCCCCC)COP(=O)(O)OC[C@H](O)COP(=O)(O)OC[C@@H](COC(=O)CCCCCCCCCCCCCCCCCCC(C)C)OC(=O)CCCCCCCCCCCCCCCCCCC(C)C. The van der Waals surface area contributed by atoms with E-state index in [4.69, 9.17) is 37.0 Å². The largest absolute Gasteiger partial charge is 0.472 e. The Kier molecular flexibility index (Phi) is 74.1. The fourth-order valence-corrected chi connectivity index (χ4v) is 14.6. The summed E-state index contributed by atoms with van der Waals surface area (Å²) in [5, 5.41) is 10.7. The van der Waals surface area contributed by atoms with Crippen LogP contribution in [0.3, 0.4) is 0 Å². The maximum Gasteiger partial charge on any atom is 0.472 e. The Morgan fingerprint density at radius 1 is 0.262 bits per heavy atom. The lowest BCUT2D eigenvalue weighted by molar-refractivity contribution is -0.161. The number of hydrogen-bond donors (Lipinski definition) is 3. The van der Waals surface area contributed by atoms with Gasteiger partial charge in [0.1, 0.15) is 19.3 Å². The number of rotatable bonds is 83. The molecule has 5 atom stereocenters. The zero-order chi connectivity index (χ0) is 75.6. The molecule has 0 bridgehead atoms. The van der Waals surface area contributed by atoms with Crippen molar-refractivity contribution in [3.05, 3.63) is 0 Å². The highest BCUT2D eigenvalue weighted by Gasteiger charge is 2.30. The van der Waals surface area contributed by atoms with Crippen LogP contribution in [0.15, 0.2) is 0 Å². The smallest absolute Gasteiger partial charge is 0.462 e. The van der Waals surface area contributed by atoms with E-state index < -0.39 is 97.5 Å². The third-order valence-electron chi connectivity index (χ3n) is 19.7. The van der Waals surface area contributed by atoms with Crippen LogP contribution in [0.25, 0.3) is 0 Å².